The summed E-state index contributed by atoms with van der Waals surface area (Å²) in [5.74, 6) is 0.944. The van der Waals surface area contributed by atoms with Crippen LogP contribution in [0.25, 0.3) is 0 Å². The summed E-state index contributed by atoms with van der Waals surface area (Å²) >= 11 is 0. The molecule has 2 N–H and O–H groups in total. The van der Waals surface area contributed by atoms with E-state index in [9.17, 15) is 4.79 Å². The van der Waals surface area contributed by atoms with Gasteiger partial charge in [0.25, 0.3) is 5.91 Å². The van der Waals surface area contributed by atoms with Crippen LogP contribution in [0.4, 0.5) is 0 Å². The van der Waals surface area contributed by atoms with Crippen molar-refractivity contribution in [3.8, 4) is 0 Å². The summed E-state index contributed by atoms with van der Waals surface area (Å²) in [6.07, 6.45) is 5.20. The number of hydrogen-bond acceptors (Lipinski definition) is 4. The summed E-state index contributed by atoms with van der Waals surface area (Å²) in [6, 6.07) is 0. The highest BCUT2D eigenvalue weighted by Gasteiger charge is 2.07. The summed E-state index contributed by atoms with van der Waals surface area (Å²) < 4.78 is 0. The second kappa shape index (κ2) is 9.69. The number of nitrogens with one attached hydrogen (secondary N) is 2. The molecule has 0 spiro atoms. The minimum absolute atomic E-state index is 0. The fraction of sp³-hybridized carbons (Fsp3) is 0.615. The summed E-state index contributed by atoms with van der Waals surface area (Å²) in [5.41, 5.74) is 0.521. The highest BCUT2D eigenvalue weighted by Crippen LogP contribution is 2.07. The minimum atomic E-state index is -0.102. The molecular weight excluding hydrogens is 264 g/mol. The van der Waals surface area contributed by atoms with E-state index in [0.717, 1.165) is 25.2 Å². The number of carbonyl (C=O) groups is 1. The Morgan fingerprint density at radius 2 is 1.79 bits per heavy atom. The zero-order valence-corrected chi connectivity index (χ0v) is 12.6. The van der Waals surface area contributed by atoms with Crippen molar-refractivity contribution in [2.75, 3.05) is 20.1 Å². The van der Waals surface area contributed by atoms with Crippen LogP contribution in [0.15, 0.2) is 12.4 Å². The standard InChI is InChI=1S/C13H22N4O.ClH/c1-10(2)12-16-8-11(9-17-12)13(18)15-7-5-4-6-14-3;/h8-10,14H,4-7H2,1-3H3,(H,15,18);1H. The number of hydrogen-bond donors (Lipinski definition) is 2. The van der Waals surface area contributed by atoms with E-state index in [1.165, 1.54) is 0 Å². The van der Waals surface area contributed by atoms with Gasteiger partial charge < -0.3 is 10.6 Å². The number of amides is 1. The van der Waals surface area contributed by atoms with Gasteiger partial charge in [0.05, 0.1) is 5.56 Å². The number of halogens is 1. The molecule has 1 aromatic heterocycles. The first-order chi connectivity index (χ1) is 8.65. The van der Waals surface area contributed by atoms with Crippen LogP contribution in [0.1, 0.15) is 48.8 Å². The second-order valence-corrected chi connectivity index (χ2v) is 4.55. The first kappa shape index (κ1) is 17.8. The number of nitrogens with zero attached hydrogens (tertiary/aromatic N) is 2. The molecular formula is C13H23ClN4O. The predicted molar refractivity (Wildman–Crippen MR) is 78.9 cm³/mol. The van der Waals surface area contributed by atoms with Crippen molar-refractivity contribution in [2.24, 2.45) is 0 Å². The Morgan fingerprint density at radius 3 is 2.32 bits per heavy atom. The molecule has 1 aromatic rings. The monoisotopic (exact) mass is 286 g/mol. The summed E-state index contributed by atoms with van der Waals surface area (Å²) in [6.45, 7) is 5.71. The van der Waals surface area contributed by atoms with Gasteiger partial charge in [0.1, 0.15) is 5.82 Å². The number of aromatic nitrogens is 2. The fourth-order valence-corrected chi connectivity index (χ4v) is 1.48. The molecule has 6 heteroatoms. The van der Waals surface area contributed by atoms with Gasteiger partial charge in [0, 0.05) is 24.9 Å². The van der Waals surface area contributed by atoms with Crippen molar-refractivity contribution in [1.29, 1.82) is 0 Å². The van der Waals surface area contributed by atoms with Crippen LogP contribution in [0.2, 0.25) is 0 Å². The molecule has 19 heavy (non-hydrogen) atoms. The highest BCUT2D eigenvalue weighted by atomic mass is 35.5. The topological polar surface area (TPSA) is 66.9 Å². The third-order valence-corrected chi connectivity index (χ3v) is 2.59. The van der Waals surface area contributed by atoms with Gasteiger partial charge in [-0.2, -0.15) is 0 Å². The molecule has 5 nitrogen and oxygen atoms in total. The van der Waals surface area contributed by atoms with Crippen LogP contribution in [0, 0.1) is 0 Å². The van der Waals surface area contributed by atoms with Crippen molar-refractivity contribution >= 4 is 18.3 Å². The largest absolute Gasteiger partial charge is 0.352 e. The van der Waals surface area contributed by atoms with Gasteiger partial charge in [0.2, 0.25) is 0 Å². The van der Waals surface area contributed by atoms with E-state index in [1.807, 2.05) is 20.9 Å². The second-order valence-electron chi connectivity index (χ2n) is 4.55. The van der Waals surface area contributed by atoms with E-state index >= 15 is 0 Å². The Morgan fingerprint density at radius 1 is 1.21 bits per heavy atom. The van der Waals surface area contributed by atoms with Crippen molar-refractivity contribution in [1.82, 2.24) is 20.6 Å². The maximum Gasteiger partial charge on any atom is 0.254 e. The van der Waals surface area contributed by atoms with Crippen molar-refractivity contribution in [3.63, 3.8) is 0 Å². The van der Waals surface area contributed by atoms with E-state index in [0.29, 0.717) is 12.1 Å². The van der Waals surface area contributed by atoms with Crippen LogP contribution in [0.5, 0.6) is 0 Å². The molecule has 0 fully saturated rings. The van der Waals surface area contributed by atoms with Gasteiger partial charge >= 0.3 is 0 Å². The molecule has 0 radical (unpaired) electrons. The van der Waals surface area contributed by atoms with Gasteiger partial charge in [-0.25, -0.2) is 9.97 Å². The molecule has 108 valence electrons. The average Bonchev–Trinajstić information content (AvgIpc) is 2.38. The Labute approximate surface area is 121 Å². The molecule has 1 heterocycles. The highest BCUT2D eigenvalue weighted by molar-refractivity contribution is 5.93. The molecule has 1 amide bonds. The molecule has 0 aliphatic rings. The normalized spacial score (nSPS) is 10.1. The first-order valence-corrected chi connectivity index (χ1v) is 6.40. The molecule has 1 rings (SSSR count). The Hall–Kier alpha value is -1.20. The third-order valence-electron chi connectivity index (χ3n) is 2.59. The predicted octanol–water partition coefficient (Wildman–Crippen LogP) is 1.75. The lowest BCUT2D eigenvalue weighted by molar-refractivity contribution is 0.0952. The Kier molecular flexibility index (Phi) is 9.08. The minimum Gasteiger partial charge on any atom is -0.352 e. The zero-order chi connectivity index (χ0) is 13.4. The fourth-order valence-electron chi connectivity index (χ4n) is 1.48. The van der Waals surface area contributed by atoms with Crippen LogP contribution >= 0.6 is 12.4 Å². The molecule has 0 aliphatic carbocycles. The lowest BCUT2D eigenvalue weighted by Gasteiger charge is -2.06. The van der Waals surface area contributed by atoms with Crippen LogP contribution < -0.4 is 10.6 Å². The molecule has 0 bridgehead atoms. The van der Waals surface area contributed by atoms with E-state index < -0.39 is 0 Å². The van der Waals surface area contributed by atoms with Gasteiger partial charge in [-0.3, -0.25) is 4.79 Å². The first-order valence-electron chi connectivity index (χ1n) is 6.40. The van der Waals surface area contributed by atoms with Gasteiger partial charge in [-0.1, -0.05) is 13.8 Å². The summed E-state index contributed by atoms with van der Waals surface area (Å²) in [4.78, 5) is 20.1. The molecule has 0 saturated carbocycles. The summed E-state index contributed by atoms with van der Waals surface area (Å²) in [5, 5.41) is 5.93. The molecule has 0 aromatic carbocycles. The van der Waals surface area contributed by atoms with Gasteiger partial charge in [-0.05, 0) is 26.4 Å². The zero-order valence-electron chi connectivity index (χ0n) is 11.8. The lowest BCUT2D eigenvalue weighted by Crippen LogP contribution is -2.25. The number of carbonyl (C=O) groups excluding carboxylic acids is 1. The van der Waals surface area contributed by atoms with Gasteiger partial charge in [-0.15, -0.1) is 12.4 Å². The van der Waals surface area contributed by atoms with Crippen LogP contribution in [-0.2, 0) is 0 Å². The quantitative estimate of drug-likeness (QED) is 0.750. The Bertz CT molecular complexity index is 367. The molecule has 0 saturated heterocycles. The third kappa shape index (κ3) is 6.50. The maximum absolute atomic E-state index is 11.8. The number of rotatable bonds is 7. The average molecular weight is 287 g/mol. The lowest BCUT2D eigenvalue weighted by atomic mass is 10.2. The van der Waals surface area contributed by atoms with Gasteiger partial charge in [0.15, 0.2) is 0 Å². The summed E-state index contributed by atoms with van der Waals surface area (Å²) in [7, 11) is 1.92. The smallest absolute Gasteiger partial charge is 0.254 e. The van der Waals surface area contributed by atoms with Crippen LogP contribution in [-0.4, -0.2) is 36.0 Å². The van der Waals surface area contributed by atoms with Crippen molar-refractivity contribution < 1.29 is 4.79 Å². The van der Waals surface area contributed by atoms with Crippen LogP contribution in [0.3, 0.4) is 0 Å². The molecule has 0 unspecified atom stereocenters. The van der Waals surface area contributed by atoms with E-state index in [-0.39, 0.29) is 24.2 Å². The SMILES string of the molecule is CNCCCCNC(=O)c1cnc(C(C)C)nc1.Cl. The van der Waals surface area contributed by atoms with E-state index in [4.69, 9.17) is 0 Å². The van der Waals surface area contributed by atoms with Crippen molar-refractivity contribution in [2.45, 2.75) is 32.6 Å². The van der Waals surface area contributed by atoms with E-state index in [2.05, 4.69) is 20.6 Å². The Balaban J connectivity index is 0.00000324. The maximum atomic E-state index is 11.8. The van der Waals surface area contributed by atoms with E-state index in [1.54, 1.807) is 12.4 Å². The molecule has 0 aliphatic heterocycles. The number of unbranched alkanes of at least 4 members (excludes halogenated alkanes) is 1. The molecule has 0 atom stereocenters. The van der Waals surface area contributed by atoms with Crippen molar-refractivity contribution in [3.05, 3.63) is 23.8 Å².